The molecule has 0 aromatic rings. The fourth-order valence-corrected chi connectivity index (χ4v) is 1.55. The number of aliphatic imine (C=N–C) groups is 1. The normalized spacial score (nSPS) is 17.7. The van der Waals surface area contributed by atoms with Crippen LogP contribution >= 0.6 is 0 Å². The fraction of sp³-hybridized carbons (Fsp3) is 0.818. The molecule has 6 nitrogen and oxygen atoms in total. The number of nitrogens with one attached hydrogen (secondary N) is 2. The lowest BCUT2D eigenvalue weighted by molar-refractivity contribution is -0.127. The van der Waals surface area contributed by atoms with Crippen molar-refractivity contribution >= 4 is 11.9 Å². The zero-order valence-corrected chi connectivity index (χ0v) is 10.8. The van der Waals surface area contributed by atoms with Crippen LogP contribution in [0.3, 0.4) is 0 Å². The third-order valence-electron chi connectivity index (χ3n) is 2.69. The summed E-state index contributed by atoms with van der Waals surface area (Å²) in [6, 6.07) is 0.379. The number of hydrogen-bond donors (Lipinski definition) is 2. The molecule has 1 rings (SSSR count). The molecule has 98 valence electrons. The van der Waals surface area contributed by atoms with Crippen LogP contribution in [0.1, 0.15) is 12.8 Å². The first kappa shape index (κ1) is 13.8. The molecule has 0 aromatic heterocycles. The van der Waals surface area contributed by atoms with Crippen molar-refractivity contribution in [3.05, 3.63) is 0 Å². The summed E-state index contributed by atoms with van der Waals surface area (Å²) in [6.45, 7) is 1.83. The third-order valence-corrected chi connectivity index (χ3v) is 2.69. The van der Waals surface area contributed by atoms with Gasteiger partial charge in [0.05, 0.1) is 6.54 Å². The first-order valence-electron chi connectivity index (χ1n) is 5.88. The largest absolute Gasteiger partial charge is 0.381 e. The smallest absolute Gasteiger partial charge is 0.241 e. The van der Waals surface area contributed by atoms with Gasteiger partial charge in [0.2, 0.25) is 5.91 Å². The zero-order chi connectivity index (χ0) is 12.7. The number of amides is 1. The molecule has 0 aliphatic carbocycles. The summed E-state index contributed by atoms with van der Waals surface area (Å²) in [6.07, 6.45) is 1.95. The maximum Gasteiger partial charge on any atom is 0.241 e. The molecule has 1 amide bonds. The zero-order valence-electron chi connectivity index (χ0n) is 10.8. The number of likely N-dealkylation sites (N-methyl/N-ethyl adjacent to an activating group) is 1. The highest BCUT2D eigenvalue weighted by atomic mass is 16.5. The summed E-state index contributed by atoms with van der Waals surface area (Å²) >= 11 is 0. The quantitative estimate of drug-likeness (QED) is 0.513. The number of guanidine groups is 1. The van der Waals surface area contributed by atoms with Gasteiger partial charge in [0, 0.05) is 40.4 Å². The number of hydrogen-bond acceptors (Lipinski definition) is 3. The van der Waals surface area contributed by atoms with Gasteiger partial charge in [0.25, 0.3) is 0 Å². The lowest BCUT2D eigenvalue weighted by Gasteiger charge is -2.25. The molecule has 0 radical (unpaired) electrons. The van der Waals surface area contributed by atoms with E-state index in [1.807, 2.05) is 0 Å². The lowest BCUT2D eigenvalue weighted by atomic mass is 10.1. The molecule has 1 saturated heterocycles. The van der Waals surface area contributed by atoms with E-state index in [9.17, 15) is 4.79 Å². The summed E-state index contributed by atoms with van der Waals surface area (Å²) in [5.74, 6) is 0.701. The molecule has 1 fully saturated rings. The van der Waals surface area contributed by atoms with Crippen LogP contribution in [-0.2, 0) is 9.53 Å². The second-order valence-corrected chi connectivity index (χ2v) is 4.24. The van der Waals surface area contributed by atoms with Crippen molar-refractivity contribution in [1.29, 1.82) is 0 Å². The van der Waals surface area contributed by atoms with Gasteiger partial charge in [-0.1, -0.05) is 0 Å². The van der Waals surface area contributed by atoms with Crippen molar-refractivity contribution in [2.24, 2.45) is 4.99 Å². The summed E-state index contributed by atoms with van der Waals surface area (Å²) in [5.41, 5.74) is 0. The molecular formula is C11H22N4O2. The first-order chi connectivity index (χ1) is 8.13. The molecule has 0 atom stereocenters. The number of ether oxygens (including phenoxy) is 1. The van der Waals surface area contributed by atoms with Gasteiger partial charge in [-0.25, -0.2) is 0 Å². The maximum atomic E-state index is 11.4. The SMILES string of the molecule is CN=C(NCC(=O)N(C)C)NC1CCOCC1. The van der Waals surface area contributed by atoms with Crippen LogP contribution in [0.5, 0.6) is 0 Å². The average molecular weight is 242 g/mol. The third kappa shape index (κ3) is 5.04. The first-order valence-corrected chi connectivity index (χ1v) is 5.88. The van der Waals surface area contributed by atoms with Crippen molar-refractivity contribution in [3.8, 4) is 0 Å². The van der Waals surface area contributed by atoms with Crippen molar-refractivity contribution in [2.45, 2.75) is 18.9 Å². The van der Waals surface area contributed by atoms with Crippen LogP contribution in [0, 0.1) is 0 Å². The Balaban J connectivity index is 2.31. The van der Waals surface area contributed by atoms with Crippen molar-refractivity contribution in [2.75, 3.05) is 40.9 Å². The summed E-state index contributed by atoms with van der Waals surface area (Å²) in [7, 11) is 5.17. The van der Waals surface area contributed by atoms with Crippen LogP contribution in [0.25, 0.3) is 0 Å². The Morgan fingerprint density at radius 2 is 2.06 bits per heavy atom. The van der Waals surface area contributed by atoms with Crippen molar-refractivity contribution in [1.82, 2.24) is 15.5 Å². The predicted molar refractivity (Wildman–Crippen MR) is 67.0 cm³/mol. The maximum absolute atomic E-state index is 11.4. The molecule has 0 aromatic carbocycles. The molecule has 6 heteroatoms. The highest BCUT2D eigenvalue weighted by molar-refractivity contribution is 5.86. The van der Waals surface area contributed by atoms with Gasteiger partial charge in [0.15, 0.2) is 5.96 Å². The molecule has 1 aliphatic heterocycles. The Bertz CT molecular complexity index is 273. The molecular weight excluding hydrogens is 220 g/mol. The Morgan fingerprint density at radius 1 is 1.41 bits per heavy atom. The van der Waals surface area contributed by atoms with Gasteiger partial charge >= 0.3 is 0 Å². The Kier molecular flexibility index (Phi) is 5.76. The molecule has 0 unspecified atom stereocenters. The van der Waals surface area contributed by atoms with Crippen molar-refractivity contribution < 1.29 is 9.53 Å². The number of carbonyl (C=O) groups excluding carboxylic acids is 1. The van der Waals surface area contributed by atoms with Crippen LogP contribution in [-0.4, -0.2) is 63.7 Å². The minimum absolute atomic E-state index is 0.0277. The molecule has 0 spiro atoms. The second kappa shape index (κ2) is 7.11. The fourth-order valence-electron chi connectivity index (χ4n) is 1.55. The Morgan fingerprint density at radius 3 is 2.59 bits per heavy atom. The van der Waals surface area contributed by atoms with Crippen LogP contribution in [0.15, 0.2) is 4.99 Å². The second-order valence-electron chi connectivity index (χ2n) is 4.24. The minimum atomic E-state index is 0.0277. The van der Waals surface area contributed by atoms with E-state index in [1.165, 1.54) is 0 Å². The Hall–Kier alpha value is -1.30. The Labute approximate surface area is 102 Å². The molecule has 0 saturated carbocycles. The summed E-state index contributed by atoms with van der Waals surface area (Å²) in [4.78, 5) is 17.1. The number of rotatable bonds is 3. The molecule has 2 N–H and O–H groups in total. The van der Waals surface area contributed by atoms with Gasteiger partial charge in [-0.2, -0.15) is 0 Å². The van der Waals surface area contributed by atoms with E-state index in [4.69, 9.17) is 4.74 Å². The molecule has 0 bridgehead atoms. The topological polar surface area (TPSA) is 66.0 Å². The predicted octanol–water partition coefficient (Wildman–Crippen LogP) is -0.581. The van der Waals surface area contributed by atoms with Gasteiger partial charge in [-0.3, -0.25) is 9.79 Å². The van der Waals surface area contributed by atoms with E-state index in [0.717, 1.165) is 26.1 Å². The van der Waals surface area contributed by atoms with Gasteiger partial charge in [0.1, 0.15) is 0 Å². The van der Waals surface area contributed by atoms with E-state index in [-0.39, 0.29) is 12.5 Å². The van der Waals surface area contributed by atoms with Crippen LogP contribution in [0.4, 0.5) is 0 Å². The number of nitrogens with zero attached hydrogens (tertiary/aromatic N) is 2. The monoisotopic (exact) mass is 242 g/mol. The molecule has 17 heavy (non-hydrogen) atoms. The van der Waals surface area contributed by atoms with Crippen molar-refractivity contribution in [3.63, 3.8) is 0 Å². The highest BCUT2D eigenvalue weighted by Crippen LogP contribution is 2.05. The number of carbonyl (C=O) groups is 1. The molecule has 1 aliphatic rings. The average Bonchev–Trinajstić information content (AvgIpc) is 2.35. The van der Waals surface area contributed by atoms with Gasteiger partial charge in [-0.05, 0) is 12.8 Å². The van der Waals surface area contributed by atoms with E-state index in [2.05, 4.69) is 15.6 Å². The van der Waals surface area contributed by atoms with Crippen LogP contribution in [0.2, 0.25) is 0 Å². The standard InChI is InChI=1S/C11H22N4O2/c1-12-11(13-8-10(16)15(2)3)14-9-4-6-17-7-5-9/h9H,4-8H2,1-3H3,(H2,12,13,14). The van der Waals surface area contributed by atoms with E-state index >= 15 is 0 Å². The van der Waals surface area contributed by atoms with E-state index in [1.54, 1.807) is 26.0 Å². The summed E-state index contributed by atoms with van der Waals surface area (Å²) in [5, 5.41) is 6.29. The van der Waals surface area contributed by atoms with Gasteiger partial charge < -0.3 is 20.3 Å². The van der Waals surface area contributed by atoms with E-state index < -0.39 is 0 Å². The van der Waals surface area contributed by atoms with E-state index in [0.29, 0.717) is 12.0 Å². The summed E-state index contributed by atoms with van der Waals surface area (Å²) < 4.78 is 5.28. The lowest BCUT2D eigenvalue weighted by Crippen LogP contribution is -2.48. The van der Waals surface area contributed by atoms with Crippen LogP contribution < -0.4 is 10.6 Å². The highest BCUT2D eigenvalue weighted by Gasteiger charge is 2.15. The van der Waals surface area contributed by atoms with Gasteiger partial charge in [-0.15, -0.1) is 0 Å². The molecule has 1 heterocycles. The minimum Gasteiger partial charge on any atom is -0.381 e.